The van der Waals surface area contributed by atoms with Crippen LogP contribution in [0.1, 0.15) is 31.9 Å². The predicted octanol–water partition coefficient (Wildman–Crippen LogP) is 5.13. The number of aliphatic imine (C=N–C) groups is 1. The minimum Gasteiger partial charge on any atom is -0.490 e. The van der Waals surface area contributed by atoms with Crippen LogP contribution in [0.4, 0.5) is 0 Å². The molecule has 4 rings (SSSR count). The molecule has 8 nitrogen and oxygen atoms in total. The Kier molecular flexibility index (Phi) is 7.55. The first-order chi connectivity index (χ1) is 16.9. The first-order valence-corrected chi connectivity index (χ1v) is 12.3. The highest BCUT2D eigenvalue weighted by molar-refractivity contribution is 8.27. The number of aryl methyl sites for hydroxylation is 1. The van der Waals surface area contributed by atoms with Gasteiger partial charge in [-0.2, -0.15) is 15.1 Å². The van der Waals surface area contributed by atoms with Gasteiger partial charge in [-0.3, -0.25) is 10.2 Å². The Labute approximate surface area is 209 Å². The van der Waals surface area contributed by atoms with Gasteiger partial charge >= 0.3 is 0 Å². The Bertz CT molecular complexity index is 1240. The lowest BCUT2D eigenvalue weighted by Crippen LogP contribution is -2.35. The summed E-state index contributed by atoms with van der Waals surface area (Å²) in [6.45, 7) is 9.12. The van der Waals surface area contributed by atoms with Gasteiger partial charge in [-0.25, -0.2) is 0 Å². The second kappa shape index (κ2) is 10.8. The van der Waals surface area contributed by atoms with Gasteiger partial charge in [0.05, 0.1) is 12.2 Å². The molecule has 2 aromatic rings. The maximum Gasteiger partial charge on any atom is 0.283 e. The maximum atomic E-state index is 12.7. The van der Waals surface area contributed by atoms with Crippen molar-refractivity contribution in [2.45, 2.75) is 27.7 Å². The van der Waals surface area contributed by atoms with Gasteiger partial charge in [0, 0.05) is 5.92 Å². The van der Waals surface area contributed by atoms with Crippen molar-refractivity contribution >= 4 is 39.8 Å². The Balaban J connectivity index is 1.47. The fourth-order valence-corrected chi connectivity index (χ4v) is 4.32. The molecular weight excluding hydrogens is 464 g/mol. The normalized spacial score (nSPS) is 16.4. The molecule has 35 heavy (non-hydrogen) atoms. The number of hydrogen-bond acceptors (Lipinski definition) is 7. The molecule has 2 aromatic carbocycles. The number of benzene rings is 2. The van der Waals surface area contributed by atoms with Gasteiger partial charge < -0.3 is 14.2 Å². The molecule has 0 aromatic heterocycles. The quantitative estimate of drug-likeness (QED) is 0.385. The molecule has 2 aliphatic heterocycles. The number of fused-ring (bicyclic) bond motifs is 1. The molecule has 2 aliphatic rings. The van der Waals surface area contributed by atoms with Crippen molar-refractivity contribution in [1.29, 1.82) is 5.41 Å². The number of carbonyl (C=O) groups excluding carboxylic acids is 1. The van der Waals surface area contributed by atoms with Gasteiger partial charge in [0.1, 0.15) is 24.0 Å². The van der Waals surface area contributed by atoms with Gasteiger partial charge in [-0.15, -0.1) is 0 Å². The number of thioether (sulfide) groups is 1. The van der Waals surface area contributed by atoms with Crippen LogP contribution in [0.25, 0.3) is 6.08 Å². The summed E-state index contributed by atoms with van der Waals surface area (Å²) in [5.74, 6) is 1.66. The first-order valence-electron chi connectivity index (χ1n) is 11.4. The van der Waals surface area contributed by atoms with E-state index in [4.69, 9.17) is 19.6 Å². The fourth-order valence-electron chi connectivity index (χ4n) is 3.43. The number of hydrogen-bond donors (Lipinski definition) is 1. The number of rotatable bonds is 9. The number of amidine groups is 2. The lowest BCUT2D eigenvalue weighted by molar-refractivity contribution is -0.114. The van der Waals surface area contributed by atoms with Gasteiger partial charge in [0.2, 0.25) is 5.17 Å². The van der Waals surface area contributed by atoms with E-state index in [2.05, 4.69) is 10.1 Å². The van der Waals surface area contributed by atoms with Gasteiger partial charge in [0.25, 0.3) is 5.91 Å². The number of amides is 1. The monoisotopic (exact) mass is 492 g/mol. The van der Waals surface area contributed by atoms with Gasteiger partial charge in [-0.1, -0.05) is 32.0 Å². The van der Waals surface area contributed by atoms with Crippen molar-refractivity contribution in [1.82, 2.24) is 5.01 Å². The summed E-state index contributed by atoms with van der Waals surface area (Å²) in [5, 5.41) is 15.6. The van der Waals surface area contributed by atoms with E-state index in [-0.39, 0.29) is 17.3 Å². The van der Waals surface area contributed by atoms with E-state index in [1.807, 2.05) is 58.0 Å². The average Bonchev–Trinajstić information content (AvgIpc) is 3.25. The van der Waals surface area contributed by atoms with Crippen LogP contribution in [-0.2, 0) is 4.79 Å². The summed E-state index contributed by atoms with van der Waals surface area (Å²) in [7, 11) is 0. The Hall–Kier alpha value is -3.59. The van der Waals surface area contributed by atoms with Crippen LogP contribution >= 0.6 is 11.8 Å². The van der Waals surface area contributed by atoms with Gasteiger partial charge in [-0.05, 0) is 67.1 Å². The van der Waals surface area contributed by atoms with Crippen LogP contribution in [0.15, 0.2) is 58.1 Å². The topological polar surface area (TPSA) is 96.6 Å². The molecular formula is C26H28N4O4S. The molecule has 1 N–H and O–H groups in total. The minimum absolute atomic E-state index is 0.00901. The Morgan fingerprint density at radius 1 is 1.09 bits per heavy atom. The lowest BCUT2D eigenvalue weighted by Gasteiger charge is -2.20. The van der Waals surface area contributed by atoms with Crippen molar-refractivity contribution in [2.75, 3.05) is 19.8 Å². The number of ether oxygens (including phenoxy) is 3. The van der Waals surface area contributed by atoms with E-state index < -0.39 is 5.91 Å². The van der Waals surface area contributed by atoms with Crippen molar-refractivity contribution < 1.29 is 19.0 Å². The largest absolute Gasteiger partial charge is 0.490 e. The van der Waals surface area contributed by atoms with Crippen LogP contribution in [0, 0.1) is 18.3 Å². The molecule has 0 spiro atoms. The lowest BCUT2D eigenvalue weighted by atomic mass is 10.1. The highest BCUT2D eigenvalue weighted by Crippen LogP contribution is 2.33. The molecule has 0 fully saturated rings. The number of hydrazone groups is 1. The first kappa shape index (κ1) is 24.5. The molecule has 0 atom stereocenters. The van der Waals surface area contributed by atoms with E-state index in [1.165, 1.54) is 16.8 Å². The third-order valence-corrected chi connectivity index (χ3v) is 6.35. The van der Waals surface area contributed by atoms with Crippen molar-refractivity contribution in [3.05, 3.63) is 59.2 Å². The summed E-state index contributed by atoms with van der Waals surface area (Å²) < 4.78 is 17.4. The summed E-state index contributed by atoms with van der Waals surface area (Å²) in [6.07, 6.45) is 1.63. The molecule has 2 heterocycles. The number of nitrogens with one attached hydrogen (secondary N) is 1. The second-order valence-electron chi connectivity index (χ2n) is 8.27. The minimum atomic E-state index is -0.458. The third kappa shape index (κ3) is 5.74. The molecule has 9 heteroatoms. The van der Waals surface area contributed by atoms with Crippen molar-refractivity contribution in [3.63, 3.8) is 0 Å². The summed E-state index contributed by atoms with van der Waals surface area (Å²) in [4.78, 5) is 16.8. The Morgan fingerprint density at radius 3 is 2.63 bits per heavy atom. The molecule has 0 unspecified atom stereocenters. The molecule has 0 saturated carbocycles. The summed E-state index contributed by atoms with van der Waals surface area (Å²) in [6, 6.07) is 13.2. The molecule has 182 valence electrons. The van der Waals surface area contributed by atoms with Gasteiger partial charge in [0.15, 0.2) is 17.3 Å². The smallest absolute Gasteiger partial charge is 0.283 e. The summed E-state index contributed by atoms with van der Waals surface area (Å²) in [5.41, 5.74) is 2.00. The second-order valence-corrected chi connectivity index (χ2v) is 9.25. The van der Waals surface area contributed by atoms with E-state index in [1.54, 1.807) is 18.2 Å². The van der Waals surface area contributed by atoms with E-state index in [0.29, 0.717) is 42.1 Å². The Morgan fingerprint density at radius 2 is 1.89 bits per heavy atom. The zero-order valence-electron chi connectivity index (χ0n) is 20.2. The van der Waals surface area contributed by atoms with Crippen LogP contribution in [0.3, 0.4) is 0 Å². The van der Waals surface area contributed by atoms with Crippen LogP contribution in [0.5, 0.6) is 17.2 Å². The van der Waals surface area contributed by atoms with Crippen LogP contribution < -0.4 is 14.2 Å². The van der Waals surface area contributed by atoms with E-state index in [9.17, 15) is 4.79 Å². The van der Waals surface area contributed by atoms with Crippen molar-refractivity contribution in [3.8, 4) is 17.2 Å². The number of nitrogens with zero attached hydrogens (tertiary/aromatic N) is 3. The van der Waals surface area contributed by atoms with Crippen molar-refractivity contribution in [2.24, 2.45) is 16.0 Å². The van der Waals surface area contributed by atoms with E-state index >= 15 is 0 Å². The fraction of sp³-hybridized carbons (Fsp3) is 0.308. The zero-order chi connectivity index (χ0) is 24.9. The summed E-state index contributed by atoms with van der Waals surface area (Å²) >= 11 is 1.33. The highest BCUT2D eigenvalue weighted by Gasteiger charge is 2.36. The zero-order valence-corrected chi connectivity index (χ0v) is 21.0. The average molecular weight is 493 g/mol. The molecule has 1 amide bonds. The number of carbonyl (C=O) groups is 1. The van der Waals surface area contributed by atoms with Crippen LogP contribution in [-0.4, -0.2) is 46.8 Å². The highest BCUT2D eigenvalue weighted by atomic mass is 32.2. The van der Waals surface area contributed by atoms with E-state index in [0.717, 1.165) is 16.4 Å². The molecule has 0 radical (unpaired) electrons. The van der Waals surface area contributed by atoms with Crippen LogP contribution in [0.2, 0.25) is 0 Å². The molecule has 0 saturated heterocycles. The molecule has 0 aliphatic carbocycles. The third-order valence-electron chi connectivity index (χ3n) is 5.14. The standard InChI is InChI=1S/C26H28N4O4S/c1-5-32-22-15-18(9-10-21(22)34-12-11-33-19-8-6-7-17(4)13-19)14-20-23(27)30-26(28-24(20)31)35-25(29-30)16(2)3/h6-10,13-16,27H,5,11-12H2,1-4H3/b20-14-,27-23?. The molecule has 0 bridgehead atoms. The predicted molar refractivity (Wildman–Crippen MR) is 140 cm³/mol. The maximum absolute atomic E-state index is 12.7. The SMILES string of the molecule is CCOc1cc(/C=C2/C(=N)N3N=C(C(C)C)SC3=NC2=O)ccc1OCCOc1cccc(C)c1.